The largest absolute Gasteiger partial charge is 0.339 e. The minimum absolute atomic E-state index is 0.00314. The number of piperazine rings is 1. The molecule has 2 aromatic rings. The molecule has 1 amide bonds. The number of H-pyrrole nitrogens is 1. The second kappa shape index (κ2) is 7.58. The van der Waals surface area contributed by atoms with E-state index < -0.39 is 17.0 Å². The molecule has 150 valence electrons. The summed E-state index contributed by atoms with van der Waals surface area (Å²) in [6, 6.07) is 3.52. The number of aromatic amines is 1. The Balaban J connectivity index is 1.47. The molecule has 0 unspecified atom stereocenters. The zero-order valence-corrected chi connectivity index (χ0v) is 16.0. The van der Waals surface area contributed by atoms with E-state index >= 15 is 0 Å². The quantitative estimate of drug-likeness (QED) is 0.873. The van der Waals surface area contributed by atoms with Crippen LogP contribution in [-0.4, -0.2) is 57.1 Å². The first-order valence-corrected chi connectivity index (χ1v) is 9.82. The number of amides is 1. The highest BCUT2D eigenvalue weighted by Gasteiger charge is 2.45. The zero-order chi connectivity index (χ0) is 19.7. The molecule has 0 radical (unpaired) electrons. The van der Waals surface area contributed by atoms with Gasteiger partial charge in [0.2, 0.25) is 5.91 Å². The van der Waals surface area contributed by atoms with E-state index in [4.69, 9.17) is 0 Å². The fourth-order valence-corrected chi connectivity index (χ4v) is 4.51. The Morgan fingerprint density at radius 1 is 1.11 bits per heavy atom. The number of halogens is 2. The van der Waals surface area contributed by atoms with Crippen LogP contribution < -0.4 is 0 Å². The first-order valence-electron chi connectivity index (χ1n) is 9.82. The molecule has 1 aliphatic carbocycles. The molecule has 0 spiro atoms. The van der Waals surface area contributed by atoms with Crippen molar-refractivity contribution < 1.29 is 13.6 Å². The highest BCUT2D eigenvalue weighted by molar-refractivity contribution is 5.88. The molecule has 1 saturated carbocycles. The highest BCUT2D eigenvalue weighted by atomic mass is 19.1. The number of aryl methyl sites for hydroxylation is 1. The molecule has 8 heteroatoms. The predicted octanol–water partition coefficient (Wildman–Crippen LogP) is 2.55. The van der Waals surface area contributed by atoms with Gasteiger partial charge in [0.15, 0.2) is 5.82 Å². The Morgan fingerprint density at radius 3 is 2.32 bits per heavy atom. The number of aromatic nitrogens is 3. The fraction of sp³-hybridized carbons (Fsp3) is 0.550. The van der Waals surface area contributed by atoms with Crippen molar-refractivity contribution in [1.82, 2.24) is 25.0 Å². The van der Waals surface area contributed by atoms with E-state index in [1.807, 2.05) is 11.8 Å². The van der Waals surface area contributed by atoms with Crippen molar-refractivity contribution in [2.45, 2.75) is 44.6 Å². The van der Waals surface area contributed by atoms with Crippen molar-refractivity contribution in [3.05, 3.63) is 47.0 Å². The van der Waals surface area contributed by atoms with Gasteiger partial charge in [0, 0.05) is 32.2 Å². The van der Waals surface area contributed by atoms with Crippen LogP contribution in [0.1, 0.15) is 42.9 Å². The molecule has 6 nitrogen and oxygen atoms in total. The maximum Gasteiger partial charge on any atom is 0.233 e. The lowest BCUT2D eigenvalue weighted by Gasteiger charge is -2.39. The van der Waals surface area contributed by atoms with E-state index in [1.165, 1.54) is 12.1 Å². The van der Waals surface area contributed by atoms with Crippen molar-refractivity contribution >= 4 is 5.91 Å². The maximum absolute atomic E-state index is 13.8. The second-order valence-electron chi connectivity index (χ2n) is 7.85. The summed E-state index contributed by atoms with van der Waals surface area (Å²) >= 11 is 0. The third-order valence-corrected chi connectivity index (χ3v) is 5.95. The summed E-state index contributed by atoms with van der Waals surface area (Å²) in [5.41, 5.74) is -0.322. The molecule has 1 N–H and O–H groups in total. The number of benzene rings is 1. The van der Waals surface area contributed by atoms with Gasteiger partial charge in [0.25, 0.3) is 0 Å². The van der Waals surface area contributed by atoms with Crippen molar-refractivity contribution in [2.75, 3.05) is 26.2 Å². The van der Waals surface area contributed by atoms with Crippen LogP contribution in [0.3, 0.4) is 0 Å². The van der Waals surface area contributed by atoms with E-state index in [9.17, 15) is 13.6 Å². The smallest absolute Gasteiger partial charge is 0.233 e. The molecular weight excluding hydrogens is 364 g/mol. The summed E-state index contributed by atoms with van der Waals surface area (Å²) in [4.78, 5) is 21.8. The Bertz CT molecular complexity index is 834. The average molecular weight is 389 g/mol. The Kier molecular flexibility index (Phi) is 5.14. The van der Waals surface area contributed by atoms with E-state index in [-0.39, 0.29) is 5.91 Å². The minimum atomic E-state index is -0.800. The normalized spacial score (nSPS) is 19.9. The fourth-order valence-electron chi connectivity index (χ4n) is 4.51. The van der Waals surface area contributed by atoms with Gasteiger partial charge in [-0.2, -0.15) is 5.10 Å². The lowest BCUT2D eigenvalue weighted by Crippen LogP contribution is -2.53. The second-order valence-corrected chi connectivity index (χ2v) is 7.85. The van der Waals surface area contributed by atoms with Crippen molar-refractivity contribution in [3.63, 3.8) is 0 Å². The summed E-state index contributed by atoms with van der Waals surface area (Å²) in [6.45, 7) is 5.17. The summed E-state index contributed by atoms with van der Waals surface area (Å²) in [7, 11) is 0. The molecular formula is C20H25F2N5O. The van der Waals surface area contributed by atoms with Crippen LogP contribution in [0.25, 0.3) is 0 Å². The average Bonchev–Trinajstić information content (AvgIpc) is 3.31. The molecule has 28 heavy (non-hydrogen) atoms. The lowest BCUT2D eigenvalue weighted by atomic mass is 9.77. The van der Waals surface area contributed by atoms with Crippen LogP contribution in [0, 0.1) is 18.6 Å². The maximum atomic E-state index is 13.8. The molecule has 2 heterocycles. The third kappa shape index (κ3) is 3.65. The van der Waals surface area contributed by atoms with Crippen LogP contribution in [0.5, 0.6) is 0 Å². The topological polar surface area (TPSA) is 65.1 Å². The molecule has 1 saturated heterocycles. The standard InChI is InChI=1S/C20H25F2N5O/c1-14-23-18(25-24-14)13-26-6-8-27(9-7-26)19(28)20(4-2-3-5-20)15-10-16(21)12-17(22)11-15/h10-12H,2-9,13H2,1H3,(H,23,24,25). The van der Waals surface area contributed by atoms with Crippen LogP contribution in [0.2, 0.25) is 0 Å². The first kappa shape index (κ1) is 19.0. The van der Waals surface area contributed by atoms with Gasteiger partial charge in [-0.25, -0.2) is 13.8 Å². The van der Waals surface area contributed by atoms with Crippen molar-refractivity contribution in [3.8, 4) is 0 Å². The lowest BCUT2D eigenvalue weighted by molar-refractivity contribution is -0.139. The van der Waals surface area contributed by atoms with E-state index in [1.54, 1.807) is 0 Å². The van der Waals surface area contributed by atoms with Crippen LogP contribution in [-0.2, 0) is 16.8 Å². The van der Waals surface area contributed by atoms with Gasteiger partial charge in [0.1, 0.15) is 17.5 Å². The van der Waals surface area contributed by atoms with Crippen LogP contribution in [0.15, 0.2) is 18.2 Å². The summed E-state index contributed by atoms with van der Waals surface area (Å²) in [5, 5.41) is 7.01. The number of nitrogens with one attached hydrogen (secondary N) is 1. The Labute approximate surface area is 162 Å². The molecule has 4 rings (SSSR count). The minimum Gasteiger partial charge on any atom is -0.339 e. The summed E-state index contributed by atoms with van der Waals surface area (Å²) in [5.74, 6) is 0.291. The number of rotatable bonds is 4. The predicted molar refractivity (Wildman–Crippen MR) is 99.5 cm³/mol. The van der Waals surface area contributed by atoms with Gasteiger partial charge in [-0.3, -0.25) is 14.8 Å². The molecule has 2 fully saturated rings. The van der Waals surface area contributed by atoms with Gasteiger partial charge >= 0.3 is 0 Å². The number of carbonyl (C=O) groups is 1. The van der Waals surface area contributed by atoms with Crippen LogP contribution >= 0.6 is 0 Å². The summed E-state index contributed by atoms with van der Waals surface area (Å²) in [6.07, 6.45) is 3.08. The van der Waals surface area contributed by atoms with Crippen molar-refractivity contribution in [2.24, 2.45) is 0 Å². The third-order valence-electron chi connectivity index (χ3n) is 5.95. The van der Waals surface area contributed by atoms with Gasteiger partial charge in [-0.15, -0.1) is 0 Å². The monoisotopic (exact) mass is 389 g/mol. The number of hydrogen-bond acceptors (Lipinski definition) is 4. The van der Waals surface area contributed by atoms with Gasteiger partial charge < -0.3 is 4.90 Å². The molecule has 0 bridgehead atoms. The number of carbonyl (C=O) groups excluding carboxylic acids is 1. The van der Waals surface area contributed by atoms with Gasteiger partial charge in [0.05, 0.1) is 12.0 Å². The Hall–Kier alpha value is -2.35. The zero-order valence-electron chi connectivity index (χ0n) is 16.0. The van der Waals surface area contributed by atoms with Gasteiger partial charge in [-0.05, 0) is 37.5 Å². The molecule has 1 aromatic carbocycles. The number of nitrogens with zero attached hydrogens (tertiary/aromatic N) is 4. The highest BCUT2D eigenvalue weighted by Crippen LogP contribution is 2.43. The van der Waals surface area contributed by atoms with E-state index in [0.29, 0.717) is 38.0 Å². The van der Waals surface area contributed by atoms with E-state index in [0.717, 1.165) is 43.6 Å². The molecule has 2 aliphatic rings. The van der Waals surface area contributed by atoms with Crippen molar-refractivity contribution in [1.29, 1.82) is 0 Å². The van der Waals surface area contributed by atoms with E-state index in [2.05, 4.69) is 20.1 Å². The molecule has 1 aromatic heterocycles. The van der Waals surface area contributed by atoms with Crippen LogP contribution in [0.4, 0.5) is 8.78 Å². The first-order chi connectivity index (χ1) is 13.5. The SMILES string of the molecule is Cc1nc(CN2CCN(C(=O)C3(c4cc(F)cc(F)c4)CCCC3)CC2)n[nH]1. The molecule has 0 atom stereocenters. The summed E-state index contributed by atoms with van der Waals surface area (Å²) < 4.78 is 27.7. The molecule has 1 aliphatic heterocycles. The Morgan fingerprint density at radius 2 is 1.75 bits per heavy atom. The van der Waals surface area contributed by atoms with Gasteiger partial charge in [-0.1, -0.05) is 12.8 Å². The number of hydrogen-bond donors (Lipinski definition) is 1.